The normalized spacial score (nSPS) is 26.4. The van der Waals surface area contributed by atoms with Gasteiger partial charge in [0.25, 0.3) is 0 Å². The van der Waals surface area contributed by atoms with Crippen molar-refractivity contribution in [3.8, 4) is 0 Å². The number of ether oxygens (including phenoxy) is 1. The zero-order valence-electron chi connectivity index (χ0n) is 9.18. The Balaban J connectivity index is 2.26. The van der Waals surface area contributed by atoms with Crippen molar-refractivity contribution in [3.63, 3.8) is 0 Å². The zero-order chi connectivity index (χ0) is 12.1. The molecule has 0 aliphatic carbocycles. The zero-order valence-corrected chi connectivity index (χ0v) is 9.18. The maximum Gasteiger partial charge on any atom is 0.332 e. The Morgan fingerprint density at radius 1 is 1.44 bits per heavy atom. The number of hydrogen-bond donors (Lipinski definition) is 3. The molecule has 0 saturated carbocycles. The number of aliphatic carboxylic acids is 1. The van der Waals surface area contributed by atoms with Gasteiger partial charge in [0.05, 0.1) is 6.10 Å². The number of carboxylic acids is 1. The third kappa shape index (κ3) is 3.79. The lowest BCUT2D eigenvalue weighted by Crippen LogP contribution is -2.36. The van der Waals surface area contributed by atoms with Crippen LogP contribution in [0.3, 0.4) is 0 Å². The van der Waals surface area contributed by atoms with E-state index in [9.17, 15) is 9.59 Å². The number of carbonyl (C=O) groups is 2. The summed E-state index contributed by atoms with van der Waals surface area (Å²) in [5.74, 6) is -1.33. The molecule has 0 bridgehead atoms. The molecule has 0 aromatic heterocycles. The molecular weight excluding hydrogens is 214 g/mol. The van der Waals surface area contributed by atoms with Gasteiger partial charge in [0.2, 0.25) is 5.91 Å². The fourth-order valence-corrected chi connectivity index (χ4v) is 1.53. The lowest BCUT2D eigenvalue weighted by atomic mass is 10.2. The average Bonchev–Trinajstić information content (AvgIpc) is 2.65. The molecule has 6 nitrogen and oxygen atoms in total. The molecule has 0 spiro atoms. The summed E-state index contributed by atoms with van der Waals surface area (Å²) in [5, 5.41) is 20.3. The van der Waals surface area contributed by atoms with Gasteiger partial charge in [-0.05, 0) is 26.2 Å². The highest BCUT2D eigenvalue weighted by molar-refractivity contribution is 5.82. The van der Waals surface area contributed by atoms with Crippen LogP contribution < -0.4 is 5.32 Å². The minimum atomic E-state index is -1.03. The van der Waals surface area contributed by atoms with Gasteiger partial charge in [-0.25, -0.2) is 4.79 Å². The van der Waals surface area contributed by atoms with E-state index in [1.165, 1.54) is 0 Å². The van der Waals surface area contributed by atoms with Gasteiger partial charge in [-0.3, -0.25) is 4.79 Å². The Labute approximate surface area is 93.6 Å². The Bertz CT molecular complexity index is 266. The Morgan fingerprint density at radius 3 is 2.56 bits per heavy atom. The standard InChI is InChI=1S/C10H17NO5/c1-6(12)4-5-11-9(13)7-2-3-8(16-7)10(14)15/h6-8,12H,2-5H2,1H3,(H,11,13)(H,14,15). The molecule has 0 aromatic carbocycles. The molecule has 92 valence electrons. The number of hydrogen-bond acceptors (Lipinski definition) is 4. The summed E-state index contributed by atoms with van der Waals surface area (Å²) in [4.78, 5) is 22.1. The van der Waals surface area contributed by atoms with Crippen molar-refractivity contribution in [3.05, 3.63) is 0 Å². The lowest BCUT2D eigenvalue weighted by Gasteiger charge is -2.12. The minimum absolute atomic E-state index is 0.301. The van der Waals surface area contributed by atoms with Crippen molar-refractivity contribution < 1.29 is 24.5 Å². The van der Waals surface area contributed by atoms with E-state index in [2.05, 4.69) is 5.32 Å². The maximum atomic E-state index is 11.5. The second-order valence-corrected chi connectivity index (χ2v) is 3.96. The van der Waals surface area contributed by atoms with Crippen LogP contribution in [-0.2, 0) is 14.3 Å². The number of amides is 1. The lowest BCUT2D eigenvalue weighted by molar-refractivity contribution is -0.151. The largest absolute Gasteiger partial charge is 0.479 e. The SMILES string of the molecule is CC(O)CCNC(=O)C1CCC(C(=O)O)O1. The molecule has 1 saturated heterocycles. The average molecular weight is 231 g/mol. The summed E-state index contributed by atoms with van der Waals surface area (Å²) in [6.45, 7) is 2.01. The third-order valence-corrected chi connectivity index (χ3v) is 2.45. The minimum Gasteiger partial charge on any atom is -0.479 e. The highest BCUT2D eigenvalue weighted by Gasteiger charge is 2.34. The number of carbonyl (C=O) groups excluding carboxylic acids is 1. The van der Waals surface area contributed by atoms with Gasteiger partial charge >= 0.3 is 5.97 Å². The maximum absolute atomic E-state index is 11.5. The molecule has 1 rings (SSSR count). The van der Waals surface area contributed by atoms with Gasteiger partial charge in [-0.1, -0.05) is 0 Å². The van der Waals surface area contributed by atoms with Crippen molar-refractivity contribution >= 4 is 11.9 Å². The molecule has 3 unspecified atom stereocenters. The molecule has 6 heteroatoms. The summed E-state index contributed by atoms with van der Waals surface area (Å²) >= 11 is 0. The van der Waals surface area contributed by atoms with E-state index in [1.807, 2.05) is 0 Å². The summed E-state index contributed by atoms with van der Waals surface area (Å²) in [6, 6.07) is 0. The summed E-state index contributed by atoms with van der Waals surface area (Å²) < 4.78 is 5.07. The topological polar surface area (TPSA) is 95.9 Å². The molecule has 0 radical (unpaired) electrons. The van der Waals surface area contributed by atoms with Gasteiger partial charge < -0.3 is 20.3 Å². The molecule has 1 amide bonds. The van der Waals surface area contributed by atoms with Gasteiger partial charge in [0.15, 0.2) is 6.10 Å². The molecule has 3 atom stereocenters. The number of rotatable bonds is 5. The third-order valence-electron chi connectivity index (χ3n) is 2.45. The smallest absolute Gasteiger partial charge is 0.332 e. The van der Waals surface area contributed by atoms with E-state index < -0.39 is 24.3 Å². The van der Waals surface area contributed by atoms with Crippen LogP contribution in [0.5, 0.6) is 0 Å². The van der Waals surface area contributed by atoms with E-state index in [4.69, 9.17) is 14.9 Å². The molecule has 1 aliphatic rings. The second-order valence-electron chi connectivity index (χ2n) is 3.96. The first-order chi connectivity index (χ1) is 7.50. The van der Waals surface area contributed by atoms with Crippen LogP contribution in [0.25, 0.3) is 0 Å². The van der Waals surface area contributed by atoms with Crippen LogP contribution in [0, 0.1) is 0 Å². The fraction of sp³-hybridized carbons (Fsp3) is 0.800. The molecule has 1 heterocycles. The quantitative estimate of drug-likeness (QED) is 0.593. The van der Waals surface area contributed by atoms with Crippen molar-refractivity contribution in [2.75, 3.05) is 6.54 Å². The summed E-state index contributed by atoms with van der Waals surface area (Å²) in [5.41, 5.74) is 0. The van der Waals surface area contributed by atoms with Crippen molar-refractivity contribution in [2.45, 2.75) is 44.5 Å². The van der Waals surface area contributed by atoms with Gasteiger partial charge in [0, 0.05) is 6.54 Å². The van der Waals surface area contributed by atoms with E-state index in [0.717, 1.165) is 0 Å². The van der Waals surface area contributed by atoms with Crippen LogP contribution in [0.15, 0.2) is 0 Å². The molecule has 1 aliphatic heterocycles. The highest BCUT2D eigenvalue weighted by Crippen LogP contribution is 2.19. The van der Waals surface area contributed by atoms with Crippen LogP contribution >= 0.6 is 0 Å². The summed E-state index contributed by atoms with van der Waals surface area (Å²) in [6.07, 6.45) is -0.735. The molecule has 16 heavy (non-hydrogen) atoms. The Morgan fingerprint density at radius 2 is 2.06 bits per heavy atom. The van der Waals surface area contributed by atoms with Crippen LogP contribution in [0.2, 0.25) is 0 Å². The molecular formula is C10H17NO5. The van der Waals surface area contributed by atoms with Gasteiger partial charge in [-0.15, -0.1) is 0 Å². The van der Waals surface area contributed by atoms with Crippen molar-refractivity contribution in [1.82, 2.24) is 5.32 Å². The van der Waals surface area contributed by atoms with Gasteiger partial charge in [0.1, 0.15) is 6.10 Å². The van der Waals surface area contributed by atoms with E-state index in [1.54, 1.807) is 6.92 Å². The molecule has 3 N–H and O–H groups in total. The number of aliphatic hydroxyl groups is 1. The van der Waals surface area contributed by atoms with Crippen molar-refractivity contribution in [1.29, 1.82) is 0 Å². The van der Waals surface area contributed by atoms with E-state index in [-0.39, 0.29) is 5.91 Å². The second kappa shape index (κ2) is 5.81. The van der Waals surface area contributed by atoms with Crippen LogP contribution in [0.4, 0.5) is 0 Å². The first kappa shape index (κ1) is 12.9. The first-order valence-electron chi connectivity index (χ1n) is 5.34. The number of carboxylic acid groups (broad SMARTS) is 1. The van der Waals surface area contributed by atoms with Gasteiger partial charge in [-0.2, -0.15) is 0 Å². The van der Waals surface area contributed by atoms with Crippen LogP contribution in [0.1, 0.15) is 26.2 Å². The van der Waals surface area contributed by atoms with Crippen molar-refractivity contribution in [2.24, 2.45) is 0 Å². The molecule has 1 fully saturated rings. The number of aliphatic hydroxyl groups excluding tert-OH is 1. The predicted molar refractivity (Wildman–Crippen MR) is 54.8 cm³/mol. The first-order valence-corrected chi connectivity index (χ1v) is 5.34. The van der Waals surface area contributed by atoms with Crippen LogP contribution in [-0.4, -0.2) is 46.9 Å². The number of nitrogens with one attached hydrogen (secondary N) is 1. The Hall–Kier alpha value is -1.14. The Kier molecular flexibility index (Phi) is 4.70. The van der Waals surface area contributed by atoms with E-state index >= 15 is 0 Å². The van der Waals surface area contributed by atoms with E-state index in [0.29, 0.717) is 25.8 Å². The molecule has 0 aromatic rings. The monoisotopic (exact) mass is 231 g/mol. The fourth-order valence-electron chi connectivity index (χ4n) is 1.53. The predicted octanol–water partition coefficient (Wildman–Crippen LogP) is -0.494. The highest BCUT2D eigenvalue weighted by atomic mass is 16.5. The summed E-state index contributed by atoms with van der Waals surface area (Å²) in [7, 11) is 0.